The number of allylic oxidation sites excluding steroid dienone is 2. The van der Waals surface area contributed by atoms with E-state index < -0.39 is 10.9 Å². The van der Waals surface area contributed by atoms with Gasteiger partial charge in [0.25, 0.3) is 0 Å². The maximum atomic E-state index is 11.2. The van der Waals surface area contributed by atoms with E-state index in [4.69, 9.17) is 34.2 Å². The molecule has 0 amide bonds. The molecule has 0 spiro atoms. The highest BCUT2D eigenvalue weighted by atomic mass is 35.5. The molecule has 104 valence electrons. The fourth-order valence-electron chi connectivity index (χ4n) is 1.72. The maximum absolute atomic E-state index is 11.2. The van der Waals surface area contributed by atoms with E-state index in [1.807, 2.05) is 6.07 Å². The van der Waals surface area contributed by atoms with Crippen LogP contribution in [-0.4, -0.2) is 25.7 Å². The molecule has 1 aliphatic carbocycles. The smallest absolute Gasteiger partial charge is 0.247 e. The first kappa shape index (κ1) is 14.4. The van der Waals surface area contributed by atoms with E-state index in [0.717, 1.165) is 4.68 Å². The number of hydrogen-bond acceptors (Lipinski definition) is 6. The second kappa shape index (κ2) is 5.15. The molecule has 0 fully saturated rings. The lowest BCUT2D eigenvalue weighted by atomic mass is 9.95. The topological polar surface area (TPSA) is 110 Å². The molecule has 20 heavy (non-hydrogen) atoms. The summed E-state index contributed by atoms with van der Waals surface area (Å²) < 4.78 is 0.925. The minimum absolute atomic E-state index is 0.0315. The number of alkyl halides is 1. The molecule has 9 heteroatoms. The highest BCUT2D eigenvalue weighted by molar-refractivity contribution is 6.33. The van der Waals surface area contributed by atoms with Crippen LogP contribution < -0.4 is 11.1 Å². The van der Waals surface area contributed by atoms with Gasteiger partial charge >= 0.3 is 0 Å². The van der Waals surface area contributed by atoms with Gasteiger partial charge in [-0.2, -0.15) is 14.9 Å². The maximum Gasteiger partial charge on any atom is 0.247 e. The van der Waals surface area contributed by atoms with Crippen LogP contribution in [0.2, 0.25) is 0 Å². The van der Waals surface area contributed by atoms with Gasteiger partial charge in [-0.15, -0.1) is 5.10 Å². The lowest BCUT2D eigenvalue weighted by molar-refractivity contribution is 0.0924. The van der Waals surface area contributed by atoms with E-state index in [0.29, 0.717) is 0 Å². The number of halogens is 2. The van der Waals surface area contributed by atoms with E-state index in [1.165, 1.54) is 6.92 Å². The van der Waals surface area contributed by atoms with Crippen molar-refractivity contribution in [3.63, 3.8) is 0 Å². The molecule has 0 radical (unpaired) electrons. The van der Waals surface area contributed by atoms with Crippen LogP contribution in [0.3, 0.4) is 0 Å². The van der Waals surface area contributed by atoms with E-state index in [9.17, 15) is 4.79 Å². The van der Waals surface area contributed by atoms with Gasteiger partial charge in [0.05, 0.1) is 6.07 Å². The molecule has 3 N–H and O–H groups in total. The minimum atomic E-state index is -1.31. The Labute approximate surface area is 124 Å². The molecule has 1 heterocycles. The number of rotatable bonds is 2. The molecule has 2 atom stereocenters. The van der Waals surface area contributed by atoms with Crippen molar-refractivity contribution in [2.24, 2.45) is 5.92 Å². The number of nitrogens with zero attached hydrogens (tertiary/aromatic N) is 4. The SMILES string of the molecule is CC(=O)n1nc(NC2(Cl)C=CC=C(Cl)C2C#N)nc1N. The number of carbonyl (C=O) groups is 1. The zero-order valence-corrected chi connectivity index (χ0v) is 11.9. The van der Waals surface area contributed by atoms with Crippen molar-refractivity contribution >= 4 is 41.0 Å². The Morgan fingerprint density at radius 3 is 2.95 bits per heavy atom. The summed E-state index contributed by atoms with van der Waals surface area (Å²) in [4.78, 5) is 13.8. The number of carbonyl (C=O) groups excluding carboxylic acids is 1. The quantitative estimate of drug-likeness (QED) is 0.635. The third-order valence-corrected chi connectivity index (χ3v) is 3.44. The molecular weight excluding hydrogens is 303 g/mol. The van der Waals surface area contributed by atoms with Gasteiger partial charge in [0.2, 0.25) is 17.8 Å². The van der Waals surface area contributed by atoms with Crippen LogP contribution in [0.5, 0.6) is 0 Å². The number of hydrogen-bond donors (Lipinski definition) is 2. The molecule has 1 aromatic heterocycles. The predicted octanol–water partition coefficient (Wildman–Crippen LogP) is 1.70. The molecule has 0 bridgehead atoms. The predicted molar refractivity (Wildman–Crippen MR) is 75.1 cm³/mol. The van der Waals surface area contributed by atoms with Crippen molar-refractivity contribution in [2.75, 3.05) is 11.1 Å². The molecular formula is C11H10Cl2N6O. The van der Waals surface area contributed by atoms with Crippen LogP contribution in [0.1, 0.15) is 11.7 Å². The summed E-state index contributed by atoms with van der Waals surface area (Å²) in [5.74, 6) is -1.25. The first-order valence-corrected chi connectivity index (χ1v) is 6.28. The Kier molecular flexibility index (Phi) is 3.70. The van der Waals surface area contributed by atoms with E-state index >= 15 is 0 Å². The summed E-state index contributed by atoms with van der Waals surface area (Å²) in [6.45, 7) is 1.30. The Hall–Kier alpha value is -2.04. The third kappa shape index (κ3) is 2.48. The summed E-state index contributed by atoms with van der Waals surface area (Å²) in [5, 5.41) is 16.1. The molecule has 1 aromatic rings. The minimum Gasteiger partial charge on any atom is -0.368 e. The van der Waals surface area contributed by atoms with Crippen molar-refractivity contribution < 1.29 is 4.79 Å². The van der Waals surface area contributed by atoms with Crippen LogP contribution in [0, 0.1) is 17.2 Å². The van der Waals surface area contributed by atoms with E-state index in [-0.39, 0.29) is 22.8 Å². The number of nitrogens with two attached hydrogens (primary N) is 1. The van der Waals surface area contributed by atoms with Gasteiger partial charge in [-0.1, -0.05) is 29.3 Å². The summed E-state index contributed by atoms with van der Waals surface area (Å²) in [6, 6.07) is 2.00. The monoisotopic (exact) mass is 312 g/mol. The molecule has 2 unspecified atom stereocenters. The van der Waals surface area contributed by atoms with Crippen LogP contribution >= 0.6 is 23.2 Å². The Morgan fingerprint density at radius 1 is 1.70 bits per heavy atom. The van der Waals surface area contributed by atoms with E-state index in [1.54, 1.807) is 18.2 Å². The van der Waals surface area contributed by atoms with Crippen molar-refractivity contribution in [1.29, 1.82) is 5.26 Å². The number of anilines is 2. The zero-order chi connectivity index (χ0) is 14.9. The summed E-state index contributed by atoms with van der Waals surface area (Å²) >= 11 is 12.3. The standard InChI is InChI=1S/C11H10Cl2N6O/c1-6(20)19-9(15)16-10(18-19)17-11(13)4-2-3-8(12)7(11)5-14/h2-4,7H,1H3,(H3,15,16,17,18). The molecule has 1 aliphatic rings. The highest BCUT2D eigenvalue weighted by Gasteiger charge is 2.39. The Balaban J connectivity index is 2.32. The van der Waals surface area contributed by atoms with Crippen LogP contribution in [0.25, 0.3) is 0 Å². The van der Waals surface area contributed by atoms with Crippen molar-refractivity contribution in [2.45, 2.75) is 11.9 Å². The van der Waals surface area contributed by atoms with Crippen molar-refractivity contribution in [3.8, 4) is 6.07 Å². The first-order chi connectivity index (χ1) is 9.37. The molecule has 0 aromatic carbocycles. The average molecular weight is 313 g/mol. The normalized spacial score (nSPS) is 24.9. The van der Waals surface area contributed by atoms with Gasteiger partial charge in [-0.3, -0.25) is 4.79 Å². The second-order valence-electron chi connectivity index (χ2n) is 4.09. The summed E-state index contributed by atoms with van der Waals surface area (Å²) in [7, 11) is 0. The average Bonchev–Trinajstić information content (AvgIpc) is 2.70. The lowest BCUT2D eigenvalue weighted by Crippen LogP contribution is -2.39. The van der Waals surface area contributed by atoms with Gasteiger partial charge < -0.3 is 11.1 Å². The highest BCUT2D eigenvalue weighted by Crippen LogP contribution is 2.37. The van der Waals surface area contributed by atoms with Gasteiger partial charge in [0.15, 0.2) is 5.00 Å². The number of nitriles is 1. The lowest BCUT2D eigenvalue weighted by Gasteiger charge is -2.30. The second-order valence-corrected chi connectivity index (χ2v) is 5.15. The van der Waals surface area contributed by atoms with Crippen LogP contribution in [0.4, 0.5) is 11.9 Å². The number of nitrogen functional groups attached to an aromatic ring is 1. The largest absolute Gasteiger partial charge is 0.368 e. The fourth-order valence-corrected chi connectivity index (χ4v) is 2.40. The molecule has 0 aliphatic heterocycles. The molecule has 0 saturated carbocycles. The van der Waals surface area contributed by atoms with Gasteiger partial charge in [0.1, 0.15) is 5.92 Å². The van der Waals surface area contributed by atoms with Crippen molar-refractivity contribution in [1.82, 2.24) is 14.8 Å². The molecule has 2 rings (SSSR count). The first-order valence-electron chi connectivity index (χ1n) is 5.52. The molecule has 0 saturated heterocycles. The van der Waals surface area contributed by atoms with Gasteiger partial charge in [0, 0.05) is 12.0 Å². The fraction of sp³-hybridized carbons (Fsp3) is 0.273. The third-order valence-electron chi connectivity index (χ3n) is 2.65. The zero-order valence-electron chi connectivity index (χ0n) is 10.3. The Bertz CT molecular complexity index is 658. The van der Waals surface area contributed by atoms with Crippen LogP contribution in [-0.2, 0) is 0 Å². The Morgan fingerprint density at radius 2 is 2.40 bits per heavy atom. The van der Waals surface area contributed by atoms with Crippen molar-refractivity contribution in [3.05, 3.63) is 23.3 Å². The number of nitrogens with one attached hydrogen (secondary N) is 1. The number of aromatic nitrogens is 3. The van der Waals surface area contributed by atoms with Gasteiger partial charge in [-0.05, 0) is 12.2 Å². The molecule has 7 nitrogen and oxygen atoms in total. The summed E-state index contributed by atoms with van der Waals surface area (Å²) in [5.41, 5.74) is 5.55. The summed E-state index contributed by atoms with van der Waals surface area (Å²) in [6.07, 6.45) is 4.74. The van der Waals surface area contributed by atoms with E-state index in [2.05, 4.69) is 15.4 Å². The van der Waals surface area contributed by atoms with Gasteiger partial charge in [-0.25, -0.2) is 0 Å². The van der Waals surface area contributed by atoms with Crippen LogP contribution in [0.15, 0.2) is 23.3 Å².